The van der Waals surface area contributed by atoms with Gasteiger partial charge in [0, 0.05) is 11.6 Å². The number of para-hydroxylation sites is 1. The molecule has 0 spiro atoms. The summed E-state index contributed by atoms with van der Waals surface area (Å²) in [5.74, 6) is 1.62. The summed E-state index contributed by atoms with van der Waals surface area (Å²) in [6.07, 6.45) is 4.10. The van der Waals surface area contributed by atoms with Crippen LogP contribution >= 0.6 is 0 Å². The third-order valence-electron chi connectivity index (χ3n) is 5.51. The average molecular weight is 390 g/mol. The van der Waals surface area contributed by atoms with Crippen LogP contribution in [0.15, 0.2) is 57.8 Å². The number of nitrogens with zero attached hydrogens (tertiary/aromatic N) is 3. The van der Waals surface area contributed by atoms with Crippen LogP contribution in [-0.2, 0) is 0 Å². The minimum absolute atomic E-state index is 0.0530. The number of aromatic amines is 1. The van der Waals surface area contributed by atoms with E-state index in [0.717, 1.165) is 35.2 Å². The molecule has 1 N–H and O–H groups in total. The molecule has 0 amide bonds. The predicted octanol–water partition coefficient (Wildman–Crippen LogP) is 4.63. The normalized spacial score (nSPS) is 15.8. The zero-order chi connectivity index (χ0) is 19.8. The first kappa shape index (κ1) is 17.7. The van der Waals surface area contributed by atoms with Gasteiger partial charge in [-0.15, -0.1) is 0 Å². The van der Waals surface area contributed by atoms with Crippen molar-refractivity contribution < 1.29 is 9.26 Å². The van der Waals surface area contributed by atoms with Crippen LogP contribution in [0.2, 0.25) is 0 Å². The quantitative estimate of drug-likeness (QED) is 0.537. The summed E-state index contributed by atoms with van der Waals surface area (Å²) < 4.78 is 13.2. The number of benzene rings is 2. The molecule has 1 aliphatic rings. The van der Waals surface area contributed by atoms with Crippen molar-refractivity contribution in [1.82, 2.24) is 19.7 Å². The van der Waals surface area contributed by atoms with Gasteiger partial charge in [-0.05, 0) is 50.1 Å². The highest BCUT2D eigenvalue weighted by Crippen LogP contribution is 2.31. The summed E-state index contributed by atoms with van der Waals surface area (Å²) in [5.41, 5.74) is 2.46. The number of imidazole rings is 1. The van der Waals surface area contributed by atoms with Crippen LogP contribution in [-0.4, -0.2) is 19.7 Å². The molecule has 7 heteroatoms. The third-order valence-corrected chi connectivity index (χ3v) is 5.51. The number of rotatable bonds is 5. The van der Waals surface area contributed by atoms with Gasteiger partial charge in [-0.2, -0.15) is 4.98 Å². The number of H-pyrrole nitrogens is 1. The average Bonchev–Trinajstić information content (AvgIpc) is 3.47. The summed E-state index contributed by atoms with van der Waals surface area (Å²) in [7, 11) is 0. The fourth-order valence-electron chi connectivity index (χ4n) is 4.07. The van der Waals surface area contributed by atoms with Crippen LogP contribution in [0.4, 0.5) is 0 Å². The predicted molar refractivity (Wildman–Crippen MR) is 109 cm³/mol. The lowest BCUT2D eigenvalue weighted by atomic mass is 10.1. The lowest BCUT2D eigenvalue weighted by molar-refractivity contribution is 0.176. The molecule has 1 atom stereocenters. The van der Waals surface area contributed by atoms with Crippen molar-refractivity contribution in [1.29, 1.82) is 0 Å². The third kappa shape index (κ3) is 3.33. The Morgan fingerprint density at radius 2 is 1.97 bits per heavy atom. The van der Waals surface area contributed by atoms with Crippen molar-refractivity contribution in [2.24, 2.45) is 0 Å². The van der Waals surface area contributed by atoms with E-state index in [1.165, 1.54) is 12.8 Å². The van der Waals surface area contributed by atoms with Gasteiger partial charge in [-0.1, -0.05) is 36.2 Å². The fraction of sp³-hybridized carbons (Fsp3) is 0.318. The van der Waals surface area contributed by atoms with E-state index in [1.807, 2.05) is 60.0 Å². The van der Waals surface area contributed by atoms with Crippen LogP contribution in [0, 0.1) is 0 Å². The Morgan fingerprint density at radius 1 is 1.17 bits per heavy atom. The Balaban J connectivity index is 1.42. The molecule has 0 unspecified atom stereocenters. The maximum Gasteiger partial charge on any atom is 0.326 e. The number of hydrogen-bond donors (Lipinski definition) is 1. The Morgan fingerprint density at radius 3 is 2.76 bits per heavy atom. The molecule has 148 valence electrons. The van der Waals surface area contributed by atoms with Gasteiger partial charge < -0.3 is 14.2 Å². The molecule has 7 nitrogen and oxygen atoms in total. The number of nitrogens with one attached hydrogen (secondary N) is 1. The van der Waals surface area contributed by atoms with E-state index in [2.05, 4.69) is 15.1 Å². The summed E-state index contributed by atoms with van der Waals surface area (Å²) >= 11 is 0. The highest BCUT2D eigenvalue weighted by Gasteiger charge is 2.22. The Bertz CT molecular complexity index is 1190. The van der Waals surface area contributed by atoms with Gasteiger partial charge in [0.05, 0.1) is 11.0 Å². The Hall–Kier alpha value is -3.35. The summed E-state index contributed by atoms with van der Waals surface area (Å²) in [5, 5.41) is 4.10. The van der Waals surface area contributed by atoms with E-state index >= 15 is 0 Å². The molecule has 1 fully saturated rings. The van der Waals surface area contributed by atoms with Crippen molar-refractivity contribution in [3.05, 3.63) is 64.9 Å². The highest BCUT2D eigenvalue weighted by molar-refractivity contribution is 5.80. The smallest absolute Gasteiger partial charge is 0.326 e. The van der Waals surface area contributed by atoms with Crippen molar-refractivity contribution in [2.45, 2.75) is 44.8 Å². The standard InChI is InChI=1S/C22H22N4O3/c1-14(28-17-9-3-2-4-10-17)21-24-20(25-29-21)15-11-12-19-18(13-15)23-22(27)26(19)16-7-5-6-8-16/h2-4,9-14,16H,5-8H2,1H3,(H,23,27)/t14-/m0/s1. The Kier molecular flexibility index (Phi) is 4.42. The zero-order valence-corrected chi connectivity index (χ0v) is 16.2. The van der Waals surface area contributed by atoms with Crippen LogP contribution in [0.5, 0.6) is 5.75 Å². The van der Waals surface area contributed by atoms with Gasteiger partial charge >= 0.3 is 5.69 Å². The van der Waals surface area contributed by atoms with Crippen LogP contribution in [0.1, 0.15) is 50.6 Å². The second kappa shape index (κ2) is 7.24. The molecule has 29 heavy (non-hydrogen) atoms. The molecule has 5 rings (SSSR count). The van der Waals surface area contributed by atoms with E-state index in [-0.39, 0.29) is 17.8 Å². The molecule has 2 aromatic heterocycles. The number of ether oxygens (including phenoxy) is 1. The van der Waals surface area contributed by atoms with E-state index in [4.69, 9.17) is 9.26 Å². The zero-order valence-electron chi connectivity index (χ0n) is 16.2. The van der Waals surface area contributed by atoms with Crippen molar-refractivity contribution >= 4 is 11.0 Å². The molecule has 4 aromatic rings. The molecule has 1 aliphatic carbocycles. The van der Waals surface area contributed by atoms with Crippen LogP contribution < -0.4 is 10.4 Å². The van der Waals surface area contributed by atoms with Crippen molar-refractivity contribution in [2.75, 3.05) is 0 Å². The molecular formula is C22H22N4O3. The van der Waals surface area contributed by atoms with Crippen molar-refractivity contribution in [3.63, 3.8) is 0 Å². The van der Waals surface area contributed by atoms with Crippen LogP contribution in [0.25, 0.3) is 22.4 Å². The second-order valence-corrected chi connectivity index (χ2v) is 7.50. The molecular weight excluding hydrogens is 368 g/mol. The van der Waals surface area contributed by atoms with Gasteiger partial charge in [0.25, 0.3) is 5.89 Å². The van der Waals surface area contributed by atoms with E-state index in [0.29, 0.717) is 11.7 Å². The summed E-state index contributed by atoms with van der Waals surface area (Å²) in [6, 6.07) is 15.6. The number of hydrogen-bond acceptors (Lipinski definition) is 5. The molecule has 0 radical (unpaired) electrons. The summed E-state index contributed by atoms with van der Waals surface area (Å²) in [6.45, 7) is 1.87. The number of fused-ring (bicyclic) bond motifs is 1. The minimum atomic E-state index is -0.370. The second-order valence-electron chi connectivity index (χ2n) is 7.50. The van der Waals surface area contributed by atoms with E-state index < -0.39 is 0 Å². The SMILES string of the molecule is C[C@H](Oc1ccccc1)c1nc(-c2ccc3c(c2)[nH]c(=O)n3C2CCCC2)no1. The van der Waals surface area contributed by atoms with Gasteiger partial charge in [-0.3, -0.25) is 4.57 Å². The molecule has 0 saturated heterocycles. The van der Waals surface area contributed by atoms with Gasteiger partial charge in [0.1, 0.15) is 5.75 Å². The van der Waals surface area contributed by atoms with Crippen molar-refractivity contribution in [3.8, 4) is 17.1 Å². The molecule has 1 saturated carbocycles. The van der Waals surface area contributed by atoms with Gasteiger partial charge in [0.15, 0.2) is 6.10 Å². The first-order valence-electron chi connectivity index (χ1n) is 9.99. The fourth-order valence-corrected chi connectivity index (χ4v) is 4.07. The highest BCUT2D eigenvalue weighted by atomic mass is 16.5. The lowest BCUT2D eigenvalue weighted by Crippen LogP contribution is -2.20. The Labute approximate surface area is 167 Å². The monoisotopic (exact) mass is 390 g/mol. The minimum Gasteiger partial charge on any atom is -0.481 e. The maximum atomic E-state index is 12.5. The molecule has 0 bridgehead atoms. The topological polar surface area (TPSA) is 85.9 Å². The lowest BCUT2D eigenvalue weighted by Gasteiger charge is -2.11. The molecule has 0 aliphatic heterocycles. The van der Waals surface area contributed by atoms with E-state index in [9.17, 15) is 4.79 Å². The van der Waals surface area contributed by atoms with Gasteiger partial charge in [-0.25, -0.2) is 4.79 Å². The number of aromatic nitrogens is 4. The van der Waals surface area contributed by atoms with E-state index in [1.54, 1.807) is 0 Å². The first-order chi connectivity index (χ1) is 14.2. The first-order valence-corrected chi connectivity index (χ1v) is 9.99. The largest absolute Gasteiger partial charge is 0.481 e. The molecule has 2 aromatic carbocycles. The summed E-state index contributed by atoms with van der Waals surface area (Å²) in [4.78, 5) is 19.9. The maximum absolute atomic E-state index is 12.5. The molecule has 2 heterocycles. The van der Waals surface area contributed by atoms with Crippen LogP contribution in [0.3, 0.4) is 0 Å². The van der Waals surface area contributed by atoms with Gasteiger partial charge in [0.2, 0.25) is 5.82 Å².